The highest BCUT2D eigenvalue weighted by Crippen LogP contribution is 2.25. The number of nitrogens with zero attached hydrogens (tertiary/aromatic N) is 5. The van der Waals surface area contributed by atoms with Gasteiger partial charge in [-0.05, 0) is 37.1 Å². The summed E-state index contributed by atoms with van der Waals surface area (Å²) in [5.74, 6) is 0.906. The molecule has 0 spiro atoms. The molecule has 8 heteroatoms. The smallest absolute Gasteiger partial charge is 0.207 e. The van der Waals surface area contributed by atoms with Crippen LogP contribution in [-0.2, 0) is 6.61 Å². The topological polar surface area (TPSA) is 108 Å². The molecular formula is C17H17N7O. The van der Waals surface area contributed by atoms with Crippen LogP contribution < -0.4 is 10.5 Å². The standard InChI is InChI=1S/C17H17N7O/c1-10-5-13(24-7-11(2)19-9-24)4-3-12(10)8-25-14-6-15(18)20-17-16(14)21-23-22-17/h3-7,9H,8H2,1-2H3,(H3,18,20,21,22,23). The van der Waals surface area contributed by atoms with Crippen LogP contribution >= 0.6 is 0 Å². The van der Waals surface area contributed by atoms with E-state index >= 15 is 0 Å². The molecule has 3 aromatic heterocycles. The number of ether oxygens (including phenoxy) is 1. The Hall–Kier alpha value is -3.42. The third kappa shape index (κ3) is 2.89. The molecule has 0 unspecified atom stereocenters. The summed E-state index contributed by atoms with van der Waals surface area (Å²) in [4.78, 5) is 8.36. The molecule has 4 aromatic rings. The molecule has 0 fully saturated rings. The van der Waals surface area contributed by atoms with Gasteiger partial charge in [0, 0.05) is 18.0 Å². The van der Waals surface area contributed by atoms with Crippen molar-refractivity contribution >= 4 is 17.0 Å². The number of pyridine rings is 1. The van der Waals surface area contributed by atoms with Crippen LogP contribution in [0, 0.1) is 13.8 Å². The van der Waals surface area contributed by atoms with Crippen LogP contribution in [0.25, 0.3) is 16.9 Å². The first-order chi connectivity index (χ1) is 12.1. The van der Waals surface area contributed by atoms with Crippen LogP contribution in [0.4, 0.5) is 5.82 Å². The van der Waals surface area contributed by atoms with E-state index in [9.17, 15) is 0 Å². The summed E-state index contributed by atoms with van der Waals surface area (Å²) in [6.07, 6.45) is 3.80. The van der Waals surface area contributed by atoms with Crippen LogP contribution in [0.5, 0.6) is 5.75 Å². The Morgan fingerprint density at radius 1 is 1.20 bits per heavy atom. The zero-order valence-electron chi connectivity index (χ0n) is 13.9. The largest absolute Gasteiger partial charge is 0.486 e. The van der Waals surface area contributed by atoms with Gasteiger partial charge < -0.3 is 15.0 Å². The zero-order valence-corrected chi connectivity index (χ0v) is 13.9. The van der Waals surface area contributed by atoms with Crippen molar-refractivity contribution in [2.75, 3.05) is 5.73 Å². The van der Waals surface area contributed by atoms with Crippen molar-refractivity contribution in [3.8, 4) is 11.4 Å². The number of hydrogen-bond donors (Lipinski definition) is 2. The number of aromatic nitrogens is 6. The van der Waals surface area contributed by atoms with E-state index in [0.29, 0.717) is 29.3 Å². The van der Waals surface area contributed by atoms with Crippen molar-refractivity contribution in [3.63, 3.8) is 0 Å². The van der Waals surface area contributed by atoms with Crippen LogP contribution in [0.2, 0.25) is 0 Å². The van der Waals surface area contributed by atoms with E-state index in [1.807, 2.05) is 29.8 Å². The van der Waals surface area contributed by atoms with Gasteiger partial charge in [0.2, 0.25) is 5.65 Å². The molecular weight excluding hydrogens is 318 g/mol. The highest BCUT2D eigenvalue weighted by Gasteiger charge is 2.11. The van der Waals surface area contributed by atoms with Gasteiger partial charge in [-0.15, -0.1) is 5.10 Å². The average Bonchev–Trinajstić information content (AvgIpc) is 3.22. The quantitative estimate of drug-likeness (QED) is 0.592. The number of H-pyrrole nitrogens is 1. The number of aryl methyl sites for hydroxylation is 2. The van der Waals surface area contributed by atoms with Gasteiger partial charge in [-0.25, -0.2) is 9.97 Å². The Morgan fingerprint density at radius 2 is 2.08 bits per heavy atom. The molecule has 0 saturated heterocycles. The lowest BCUT2D eigenvalue weighted by Gasteiger charge is -2.11. The number of nitrogen functional groups attached to an aromatic ring is 1. The van der Waals surface area contributed by atoms with Gasteiger partial charge in [-0.3, -0.25) is 0 Å². The summed E-state index contributed by atoms with van der Waals surface area (Å²) in [5.41, 5.74) is 11.0. The van der Waals surface area contributed by atoms with Gasteiger partial charge in [0.1, 0.15) is 12.4 Å². The molecule has 0 aliphatic carbocycles. The van der Waals surface area contributed by atoms with Crippen molar-refractivity contribution < 1.29 is 4.74 Å². The van der Waals surface area contributed by atoms with E-state index < -0.39 is 0 Å². The minimum Gasteiger partial charge on any atom is -0.486 e. The summed E-state index contributed by atoms with van der Waals surface area (Å²) >= 11 is 0. The third-order valence-electron chi connectivity index (χ3n) is 4.00. The lowest BCUT2D eigenvalue weighted by atomic mass is 10.1. The molecule has 3 heterocycles. The van der Waals surface area contributed by atoms with Crippen molar-refractivity contribution in [1.29, 1.82) is 0 Å². The summed E-state index contributed by atoms with van der Waals surface area (Å²) in [6.45, 7) is 4.43. The maximum absolute atomic E-state index is 5.91. The molecule has 8 nitrogen and oxygen atoms in total. The lowest BCUT2D eigenvalue weighted by Crippen LogP contribution is -2.01. The molecule has 4 rings (SSSR count). The maximum Gasteiger partial charge on any atom is 0.207 e. The molecule has 1 aromatic carbocycles. The van der Waals surface area contributed by atoms with E-state index in [4.69, 9.17) is 10.5 Å². The van der Waals surface area contributed by atoms with E-state index in [0.717, 1.165) is 22.5 Å². The molecule has 0 aliphatic heterocycles. The minimum atomic E-state index is 0.346. The fraction of sp³-hybridized carbons (Fsp3) is 0.176. The fourth-order valence-electron chi connectivity index (χ4n) is 2.66. The Bertz CT molecular complexity index is 1050. The summed E-state index contributed by atoms with van der Waals surface area (Å²) in [6, 6.07) is 7.85. The second-order valence-electron chi connectivity index (χ2n) is 5.86. The molecule has 0 bridgehead atoms. The van der Waals surface area contributed by atoms with Gasteiger partial charge in [0.25, 0.3) is 0 Å². The molecule has 126 valence electrons. The number of imidazole rings is 1. The number of nitrogens with two attached hydrogens (primary N) is 1. The second-order valence-corrected chi connectivity index (χ2v) is 5.86. The first-order valence-corrected chi connectivity index (χ1v) is 7.80. The number of aromatic amines is 1. The highest BCUT2D eigenvalue weighted by atomic mass is 16.5. The van der Waals surface area contributed by atoms with Crippen LogP contribution in [0.3, 0.4) is 0 Å². The van der Waals surface area contributed by atoms with Gasteiger partial charge in [-0.1, -0.05) is 6.07 Å². The Kier molecular flexibility index (Phi) is 3.57. The second kappa shape index (κ2) is 5.90. The predicted molar refractivity (Wildman–Crippen MR) is 93.5 cm³/mol. The number of benzene rings is 1. The predicted octanol–water partition coefficient (Wildman–Crippen LogP) is 2.32. The van der Waals surface area contributed by atoms with Crippen LogP contribution in [0.15, 0.2) is 36.8 Å². The number of hydrogen-bond acceptors (Lipinski definition) is 6. The SMILES string of the molecule is Cc1cn(-c2ccc(COc3cc(N)nc4n[nH]nc34)c(C)c2)cn1. The lowest BCUT2D eigenvalue weighted by molar-refractivity contribution is 0.308. The van der Waals surface area contributed by atoms with Gasteiger partial charge in [0.05, 0.1) is 12.0 Å². The number of rotatable bonds is 4. The first kappa shape index (κ1) is 15.1. The van der Waals surface area contributed by atoms with Crippen molar-refractivity contribution in [3.05, 3.63) is 53.6 Å². The molecule has 25 heavy (non-hydrogen) atoms. The average molecular weight is 335 g/mol. The minimum absolute atomic E-state index is 0.346. The normalized spacial score (nSPS) is 11.1. The Labute approximate surface area is 143 Å². The third-order valence-corrected chi connectivity index (χ3v) is 4.00. The van der Waals surface area contributed by atoms with Crippen LogP contribution in [-0.4, -0.2) is 29.9 Å². The van der Waals surface area contributed by atoms with Crippen LogP contribution in [0.1, 0.15) is 16.8 Å². The van der Waals surface area contributed by atoms with E-state index in [1.165, 1.54) is 0 Å². The van der Waals surface area contributed by atoms with E-state index in [1.54, 1.807) is 12.4 Å². The van der Waals surface area contributed by atoms with Gasteiger partial charge in [-0.2, -0.15) is 10.3 Å². The van der Waals surface area contributed by atoms with Gasteiger partial charge in [0.15, 0.2) is 11.3 Å². The Morgan fingerprint density at radius 3 is 2.84 bits per heavy atom. The molecule has 0 aliphatic rings. The van der Waals surface area contributed by atoms with E-state index in [-0.39, 0.29) is 0 Å². The molecule has 0 radical (unpaired) electrons. The first-order valence-electron chi connectivity index (χ1n) is 7.80. The van der Waals surface area contributed by atoms with Crippen molar-refractivity contribution in [2.45, 2.75) is 20.5 Å². The maximum atomic E-state index is 5.91. The number of nitrogens with one attached hydrogen (secondary N) is 1. The van der Waals surface area contributed by atoms with Gasteiger partial charge >= 0.3 is 0 Å². The number of fused-ring (bicyclic) bond motifs is 1. The summed E-state index contributed by atoms with van der Waals surface area (Å²) in [7, 11) is 0. The monoisotopic (exact) mass is 335 g/mol. The molecule has 3 N–H and O–H groups in total. The molecule has 0 atom stereocenters. The molecule has 0 amide bonds. The fourth-order valence-corrected chi connectivity index (χ4v) is 2.66. The molecule has 0 saturated carbocycles. The zero-order chi connectivity index (χ0) is 17.4. The van der Waals surface area contributed by atoms with E-state index in [2.05, 4.69) is 38.4 Å². The highest BCUT2D eigenvalue weighted by molar-refractivity contribution is 5.78. The summed E-state index contributed by atoms with van der Waals surface area (Å²) in [5, 5.41) is 10.5. The number of anilines is 1. The Balaban J connectivity index is 1.57. The van der Waals surface area contributed by atoms with Crippen molar-refractivity contribution in [2.24, 2.45) is 0 Å². The summed E-state index contributed by atoms with van der Waals surface area (Å²) < 4.78 is 7.91. The van der Waals surface area contributed by atoms with Crippen molar-refractivity contribution in [1.82, 2.24) is 29.9 Å².